The minimum Gasteiger partial charge on any atom is -0.388 e. The Morgan fingerprint density at radius 1 is 0.882 bits per heavy atom. The van der Waals surface area contributed by atoms with Gasteiger partial charge in [0.15, 0.2) is 0 Å². The Bertz CT molecular complexity index is 981. The van der Waals surface area contributed by atoms with Crippen LogP contribution >= 0.6 is 0 Å². The molecule has 0 aliphatic rings. The molecule has 0 bridgehead atoms. The van der Waals surface area contributed by atoms with E-state index in [1.165, 1.54) is 12.1 Å². The van der Waals surface area contributed by atoms with Crippen LogP contribution in [0.15, 0.2) is 42.7 Å². The van der Waals surface area contributed by atoms with E-state index in [-0.39, 0.29) is 5.82 Å². The summed E-state index contributed by atoms with van der Waals surface area (Å²) < 4.78 is 76.0. The first kappa shape index (κ1) is 31.7. The topological polar surface area (TPSA) is 202 Å². The predicted molar refractivity (Wildman–Crippen MR) is 122 cm³/mol. The van der Waals surface area contributed by atoms with E-state index in [0.717, 1.165) is 37.6 Å². The Morgan fingerprint density at radius 2 is 1.35 bits per heavy atom. The van der Waals surface area contributed by atoms with Gasteiger partial charge in [-0.2, -0.15) is 16.8 Å². The maximum atomic E-state index is 12.9. The molecule has 5 N–H and O–H groups in total. The number of anilines is 1. The SMILES string of the molecule is CN(CCCC(O)c1ccc(F)cc1)CCN(C)c1ncccn1.O=S(=O)(O)O.O=S(=O)(O)O. The second-order valence-corrected chi connectivity index (χ2v) is 8.67. The number of halogens is 1. The van der Waals surface area contributed by atoms with Crippen molar-refractivity contribution in [2.45, 2.75) is 18.9 Å². The predicted octanol–water partition coefficient (Wildman–Crippen LogP) is 1.19. The molecule has 1 atom stereocenters. The molecule has 0 amide bonds. The zero-order chi connectivity index (χ0) is 26.4. The molecule has 0 aliphatic carbocycles. The van der Waals surface area contributed by atoms with Gasteiger partial charge in [0.1, 0.15) is 5.82 Å². The molecule has 1 aromatic heterocycles. The third-order valence-electron chi connectivity index (χ3n) is 3.98. The van der Waals surface area contributed by atoms with Crippen LogP contribution in [0.4, 0.5) is 10.3 Å². The molecule has 13 nitrogen and oxygen atoms in total. The van der Waals surface area contributed by atoms with Crippen molar-refractivity contribution in [3.05, 3.63) is 54.1 Å². The van der Waals surface area contributed by atoms with Crippen LogP contribution in [0.25, 0.3) is 0 Å². The minimum absolute atomic E-state index is 0.280. The number of benzene rings is 1. The summed E-state index contributed by atoms with van der Waals surface area (Å²) in [4.78, 5) is 12.7. The fourth-order valence-electron chi connectivity index (χ4n) is 2.43. The van der Waals surface area contributed by atoms with Crippen molar-refractivity contribution >= 4 is 26.7 Å². The van der Waals surface area contributed by atoms with Crippen molar-refractivity contribution in [2.75, 3.05) is 38.6 Å². The van der Waals surface area contributed by atoms with E-state index in [0.29, 0.717) is 6.42 Å². The molecule has 0 spiro atoms. The number of likely N-dealkylation sites (N-methyl/N-ethyl adjacent to an activating group) is 2. The molecule has 0 saturated heterocycles. The van der Waals surface area contributed by atoms with Crippen molar-refractivity contribution in [2.24, 2.45) is 0 Å². The van der Waals surface area contributed by atoms with Crippen LogP contribution in [-0.4, -0.2) is 88.8 Å². The molecule has 1 heterocycles. The zero-order valence-corrected chi connectivity index (χ0v) is 20.1. The molecule has 16 heteroatoms. The lowest BCUT2D eigenvalue weighted by molar-refractivity contribution is 0.158. The average Bonchev–Trinajstić information content (AvgIpc) is 2.70. The third-order valence-corrected chi connectivity index (χ3v) is 3.98. The van der Waals surface area contributed by atoms with Crippen LogP contribution in [0.2, 0.25) is 0 Å². The lowest BCUT2D eigenvalue weighted by Crippen LogP contribution is -2.32. The first-order valence-corrected chi connectivity index (χ1v) is 12.4. The molecular weight excluding hydrogens is 499 g/mol. The van der Waals surface area contributed by atoms with E-state index in [9.17, 15) is 9.50 Å². The molecule has 1 aromatic carbocycles. The highest BCUT2D eigenvalue weighted by Gasteiger charge is 2.09. The smallest absolute Gasteiger partial charge is 0.388 e. The molecule has 34 heavy (non-hydrogen) atoms. The van der Waals surface area contributed by atoms with Crippen LogP contribution in [0.1, 0.15) is 24.5 Å². The van der Waals surface area contributed by atoms with E-state index in [1.807, 2.05) is 11.9 Å². The largest absolute Gasteiger partial charge is 0.394 e. The van der Waals surface area contributed by atoms with Gasteiger partial charge in [0.2, 0.25) is 5.95 Å². The van der Waals surface area contributed by atoms with Crippen LogP contribution in [0, 0.1) is 5.82 Å². The zero-order valence-electron chi connectivity index (χ0n) is 18.5. The van der Waals surface area contributed by atoms with Crippen molar-refractivity contribution in [1.82, 2.24) is 14.9 Å². The third kappa shape index (κ3) is 20.3. The lowest BCUT2D eigenvalue weighted by Gasteiger charge is -2.22. The minimum atomic E-state index is -4.67. The Hall–Kier alpha value is -2.31. The monoisotopic (exact) mass is 528 g/mol. The molecule has 1 unspecified atom stereocenters. The summed E-state index contributed by atoms with van der Waals surface area (Å²) >= 11 is 0. The number of hydrogen-bond acceptors (Lipinski definition) is 9. The summed E-state index contributed by atoms with van der Waals surface area (Å²) in [5.41, 5.74) is 0.764. The summed E-state index contributed by atoms with van der Waals surface area (Å²) in [6, 6.07) is 7.84. The van der Waals surface area contributed by atoms with Crippen molar-refractivity contribution in [3.8, 4) is 0 Å². The molecule has 0 saturated carbocycles. The Kier molecular flexibility index (Phi) is 14.5. The molecule has 2 rings (SSSR count). The van der Waals surface area contributed by atoms with Gasteiger partial charge in [-0.25, -0.2) is 14.4 Å². The van der Waals surface area contributed by atoms with E-state index in [4.69, 9.17) is 35.0 Å². The normalized spacial score (nSPS) is 12.1. The van der Waals surface area contributed by atoms with Crippen molar-refractivity contribution in [1.29, 1.82) is 0 Å². The van der Waals surface area contributed by atoms with E-state index in [1.54, 1.807) is 30.6 Å². The quantitative estimate of drug-likeness (QED) is 0.291. The fraction of sp³-hybridized carbons (Fsp3) is 0.444. The second kappa shape index (κ2) is 15.6. The van der Waals surface area contributed by atoms with E-state index < -0.39 is 26.9 Å². The van der Waals surface area contributed by atoms with Crippen LogP contribution < -0.4 is 4.90 Å². The first-order chi connectivity index (χ1) is 15.6. The summed E-state index contributed by atoms with van der Waals surface area (Å²) in [5, 5.41) is 10.1. The van der Waals surface area contributed by atoms with Crippen LogP contribution in [0.3, 0.4) is 0 Å². The number of aliphatic hydroxyl groups is 1. The average molecular weight is 529 g/mol. The van der Waals surface area contributed by atoms with Gasteiger partial charge in [0.25, 0.3) is 0 Å². The summed E-state index contributed by atoms with van der Waals surface area (Å²) in [6.45, 7) is 2.62. The van der Waals surface area contributed by atoms with Gasteiger partial charge in [0, 0.05) is 32.5 Å². The first-order valence-electron chi connectivity index (χ1n) is 9.56. The standard InChI is InChI=1S/C18H25FN4O.2H2O4S/c1-22(13-14-23(2)18-20-10-4-11-21-18)12-3-5-17(24)15-6-8-16(19)9-7-15;2*1-5(2,3)4/h4,6-11,17,24H,3,5,12-14H2,1-2H3;2*(H2,1,2,3,4). The summed E-state index contributed by atoms with van der Waals surface area (Å²) in [7, 11) is -5.30. The maximum absolute atomic E-state index is 12.9. The molecule has 0 fully saturated rings. The Morgan fingerprint density at radius 3 is 1.82 bits per heavy atom. The lowest BCUT2D eigenvalue weighted by atomic mass is 10.0. The highest BCUT2D eigenvalue weighted by Crippen LogP contribution is 2.18. The fourth-order valence-corrected chi connectivity index (χ4v) is 2.43. The van der Waals surface area contributed by atoms with Gasteiger partial charge >= 0.3 is 20.8 Å². The van der Waals surface area contributed by atoms with Crippen LogP contribution in [-0.2, 0) is 20.8 Å². The van der Waals surface area contributed by atoms with Crippen molar-refractivity contribution < 1.29 is 44.5 Å². The molecule has 0 aliphatic heterocycles. The molecule has 0 radical (unpaired) electrons. The van der Waals surface area contributed by atoms with Crippen molar-refractivity contribution in [3.63, 3.8) is 0 Å². The number of hydrogen-bond donors (Lipinski definition) is 5. The molecule has 194 valence electrons. The van der Waals surface area contributed by atoms with Gasteiger partial charge in [-0.15, -0.1) is 0 Å². The summed E-state index contributed by atoms with van der Waals surface area (Å²) in [6.07, 6.45) is 4.46. The van der Waals surface area contributed by atoms with Gasteiger partial charge < -0.3 is 14.9 Å². The Labute approximate surface area is 198 Å². The number of nitrogens with zero attached hydrogens (tertiary/aromatic N) is 4. The number of rotatable bonds is 9. The van der Waals surface area contributed by atoms with Gasteiger partial charge in [0.05, 0.1) is 6.10 Å². The van der Waals surface area contributed by atoms with Gasteiger partial charge in [-0.05, 0) is 50.2 Å². The Balaban J connectivity index is 0.000000916. The molecular formula is C18H29FN4O9S2. The maximum Gasteiger partial charge on any atom is 0.394 e. The second-order valence-electron chi connectivity index (χ2n) is 6.88. The van der Waals surface area contributed by atoms with Gasteiger partial charge in [-0.1, -0.05) is 12.1 Å². The number of aliphatic hydroxyl groups excluding tert-OH is 1. The highest BCUT2D eigenvalue weighted by atomic mass is 32.3. The van der Waals surface area contributed by atoms with Gasteiger partial charge in [-0.3, -0.25) is 18.2 Å². The molecule has 2 aromatic rings. The highest BCUT2D eigenvalue weighted by molar-refractivity contribution is 7.80. The summed E-state index contributed by atoms with van der Waals surface area (Å²) in [5.74, 6) is 0.440. The number of aromatic nitrogens is 2. The van der Waals surface area contributed by atoms with E-state index in [2.05, 4.69) is 21.9 Å². The van der Waals surface area contributed by atoms with E-state index >= 15 is 0 Å². The van der Waals surface area contributed by atoms with Crippen LogP contribution in [0.5, 0.6) is 0 Å².